The van der Waals surface area contributed by atoms with E-state index in [0.717, 1.165) is 12.2 Å². The molecule has 26 heavy (non-hydrogen) atoms. The molecule has 0 saturated heterocycles. The van der Waals surface area contributed by atoms with E-state index in [1.165, 1.54) is 4.90 Å². The van der Waals surface area contributed by atoms with Gasteiger partial charge in [0, 0.05) is 16.3 Å². The molecule has 3 rings (SSSR count). The van der Waals surface area contributed by atoms with E-state index in [1.54, 1.807) is 30.0 Å². The third-order valence-corrected chi connectivity index (χ3v) is 5.05. The van der Waals surface area contributed by atoms with Crippen LogP contribution in [0.15, 0.2) is 57.8 Å². The average Bonchev–Trinajstić information content (AvgIpc) is 3.10. The number of amides is 1. The summed E-state index contributed by atoms with van der Waals surface area (Å²) in [6, 6.07) is 15.0. The summed E-state index contributed by atoms with van der Waals surface area (Å²) in [4.78, 5) is 13.2. The lowest BCUT2D eigenvalue weighted by Gasteiger charge is -2.02. The lowest BCUT2D eigenvalue weighted by molar-refractivity contribution is -0.116. The van der Waals surface area contributed by atoms with Crippen molar-refractivity contribution in [2.45, 2.75) is 17.7 Å². The summed E-state index contributed by atoms with van der Waals surface area (Å²) in [5.74, 6) is 0.878. The third kappa shape index (κ3) is 5.24. The van der Waals surface area contributed by atoms with Crippen LogP contribution in [0, 0.1) is 0 Å². The van der Waals surface area contributed by atoms with E-state index >= 15 is 0 Å². The molecule has 2 aromatic carbocycles. The van der Waals surface area contributed by atoms with Crippen LogP contribution in [0.5, 0.6) is 0 Å². The predicted octanol–water partition coefficient (Wildman–Crippen LogP) is 5.55. The number of hydrogen-bond donors (Lipinski definition) is 1. The van der Waals surface area contributed by atoms with Crippen molar-refractivity contribution in [3.63, 3.8) is 0 Å². The molecular weight excluding hydrogens is 393 g/mol. The molecule has 3 aromatic rings. The number of benzene rings is 2. The zero-order valence-corrected chi connectivity index (χ0v) is 15.9. The number of halogens is 2. The smallest absolute Gasteiger partial charge is 0.322 e. The number of anilines is 1. The first-order valence-corrected chi connectivity index (χ1v) is 9.62. The Labute approximate surface area is 165 Å². The Morgan fingerprint density at radius 1 is 1.12 bits per heavy atom. The fraction of sp³-hybridized carbons (Fsp3) is 0.167. The van der Waals surface area contributed by atoms with Gasteiger partial charge in [-0.2, -0.15) is 0 Å². The second-order valence-corrected chi connectivity index (χ2v) is 7.36. The van der Waals surface area contributed by atoms with Crippen LogP contribution in [0.3, 0.4) is 0 Å². The van der Waals surface area contributed by atoms with Crippen LogP contribution in [0.1, 0.15) is 12.8 Å². The summed E-state index contributed by atoms with van der Waals surface area (Å²) >= 11 is 13.8. The van der Waals surface area contributed by atoms with Gasteiger partial charge in [0.2, 0.25) is 5.91 Å². The normalized spacial score (nSPS) is 10.7. The number of carbonyl (C=O) groups is 1. The molecule has 134 valence electrons. The van der Waals surface area contributed by atoms with Crippen LogP contribution in [0.2, 0.25) is 10.0 Å². The van der Waals surface area contributed by atoms with Crippen LogP contribution in [-0.2, 0) is 4.79 Å². The first-order valence-electron chi connectivity index (χ1n) is 7.88. The molecule has 0 aliphatic rings. The van der Waals surface area contributed by atoms with Gasteiger partial charge >= 0.3 is 6.01 Å². The van der Waals surface area contributed by atoms with Crippen molar-refractivity contribution < 1.29 is 9.21 Å². The summed E-state index contributed by atoms with van der Waals surface area (Å²) in [6.07, 6.45) is 1.11. The Morgan fingerprint density at radius 2 is 1.92 bits per heavy atom. The highest BCUT2D eigenvalue weighted by molar-refractivity contribution is 7.99. The van der Waals surface area contributed by atoms with E-state index in [-0.39, 0.29) is 17.8 Å². The second-order valence-electron chi connectivity index (χ2n) is 5.35. The molecule has 0 radical (unpaired) electrons. The molecule has 5 nitrogen and oxygen atoms in total. The van der Waals surface area contributed by atoms with Crippen molar-refractivity contribution in [3.05, 3.63) is 58.6 Å². The second kappa shape index (κ2) is 9.07. The fourth-order valence-corrected chi connectivity index (χ4v) is 3.41. The van der Waals surface area contributed by atoms with Gasteiger partial charge < -0.3 is 4.42 Å². The minimum absolute atomic E-state index is 0.0387. The molecule has 0 saturated carbocycles. The van der Waals surface area contributed by atoms with E-state index in [1.807, 2.05) is 30.3 Å². The Bertz CT molecular complexity index is 887. The van der Waals surface area contributed by atoms with Gasteiger partial charge in [0.25, 0.3) is 5.89 Å². The molecule has 0 bridgehead atoms. The minimum Gasteiger partial charge on any atom is -0.403 e. The maximum absolute atomic E-state index is 12.0. The van der Waals surface area contributed by atoms with Gasteiger partial charge in [-0.25, -0.2) is 0 Å². The summed E-state index contributed by atoms with van der Waals surface area (Å²) in [6.45, 7) is 0. The Balaban J connectivity index is 1.49. The molecular formula is C18H15Cl2N3O2S. The van der Waals surface area contributed by atoms with Gasteiger partial charge in [-0.3, -0.25) is 10.1 Å². The van der Waals surface area contributed by atoms with Crippen molar-refractivity contribution in [2.75, 3.05) is 11.1 Å². The van der Waals surface area contributed by atoms with E-state index in [0.29, 0.717) is 22.0 Å². The number of aromatic nitrogens is 2. The fourth-order valence-electron chi connectivity index (χ4n) is 2.17. The lowest BCUT2D eigenvalue weighted by Crippen LogP contribution is -2.11. The molecule has 1 aromatic heterocycles. The molecule has 0 aliphatic carbocycles. The molecule has 0 atom stereocenters. The highest BCUT2D eigenvalue weighted by Gasteiger charge is 2.14. The Morgan fingerprint density at radius 3 is 2.73 bits per heavy atom. The summed E-state index contributed by atoms with van der Waals surface area (Å²) < 4.78 is 5.45. The van der Waals surface area contributed by atoms with Crippen LogP contribution in [0.25, 0.3) is 11.5 Å². The number of thioether (sulfide) groups is 1. The zero-order chi connectivity index (χ0) is 18.4. The predicted molar refractivity (Wildman–Crippen MR) is 105 cm³/mol. The van der Waals surface area contributed by atoms with Crippen molar-refractivity contribution >= 4 is 46.9 Å². The number of nitrogens with one attached hydrogen (secondary N) is 1. The minimum atomic E-state index is -0.175. The maximum Gasteiger partial charge on any atom is 0.322 e. The van der Waals surface area contributed by atoms with E-state index in [2.05, 4.69) is 15.5 Å². The quantitative estimate of drug-likeness (QED) is 0.410. The SMILES string of the molecule is O=C(CCCSc1ccccc1)Nc1nnc(-c2cc(Cl)ccc2Cl)o1. The number of carbonyl (C=O) groups excluding carboxylic acids is 1. The van der Waals surface area contributed by atoms with Crippen LogP contribution >= 0.6 is 35.0 Å². The van der Waals surface area contributed by atoms with Gasteiger partial charge in [0.1, 0.15) is 0 Å². The highest BCUT2D eigenvalue weighted by atomic mass is 35.5. The molecule has 8 heteroatoms. The van der Waals surface area contributed by atoms with E-state index in [9.17, 15) is 4.79 Å². The van der Waals surface area contributed by atoms with Gasteiger partial charge in [0.15, 0.2) is 0 Å². The molecule has 0 spiro atoms. The standard InChI is InChI=1S/C18H15Cl2N3O2S/c19-12-8-9-15(20)14(11-12)17-22-23-18(25-17)21-16(24)7-4-10-26-13-5-2-1-3-6-13/h1-3,5-6,8-9,11H,4,7,10H2,(H,21,23,24). The lowest BCUT2D eigenvalue weighted by atomic mass is 10.2. The van der Waals surface area contributed by atoms with Crippen LogP contribution < -0.4 is 5.32 Å². The van der Waals surface area contributed by atoms with Crippen LogP contribution in [-0.4, -0.2) is 21.9 Å². The summed E-state index contributed by atoms with van der Waals surface area (Å²) in [7, 11) is 0. The summed E-state index contributed by atoms with van der Waals surface area (Å²) in [5.41, 5.74) is 0.520. The van der Waals surface area contributed by atoms with Crippen LogP contribution in [0.4, 0.5) is 6.01 Å². The van der Waals surface area contributed by atoms with Gasteiger partial charge in [-0.05, 0) is 42.5 Å². The molecule has 0 fully saturated rings. The average molecular weight is 408 g/mol. The maximum atomic E-state index is 12.0. The number of hydrogen-bond acceptors (Lipinski definition) is 5. The number of rotatable bonds is 7. The highest BCUT2D eigenvalue weighted by Crippen LogP contribution is 2.30. The summed E-state index contributed by atoms with van der Waals surface area (Å²) in [5, 5.41) is 11.3. The topological polar surface area (TPSA) is 68.0 Å². The molecule has 1 N–H and O–H groups in total. The van der Waals surface area contributed by atoms with Crippen molar-refractivity contribution in [1.29, 1.82) is 0 Å². The van der Waals surface area contributed by atoms with Crippen molar-refractivity contribution in [2.24, 2.45) is 0 Å². The van der Waals surface area contributed by atoms with Gasteiger partial charge in [0.05, 0.1) is 10.6 Å². The molecule has 0 aliphatic heterocycles. The third-order valence-electron chi connectivity index (χ3n) is 3.39. The van der Waals surface area contributed by atoms with Gasteiger partial charge in [-0.15, -0.1) is 16.9 Å². The van der Waals surface area contributed by atoms with E-state index < -0.39 is 0 Å². The molecule has 1 heterocycles. The largest absolute Gasteiger partial charge is 0.403 e. The van der Waals surface area contributed by atoms with Gasteiger partial charge in [-0.1, -0.05) is 46.5 Å². The Kier molecular flexibility index (Phi) is 6.55. The molecule has 1 amide bonds. The Hall–Kier alpha value is -2.02. The molecule has 0 unspecified atom stereocenters. The van der Waals surface area contributed by atoms with Crippen molar-refractivity contribution in [1.82, 2.24) is 10.2 Å². The first-order chi connectivity index (χ1) is 12.6. The number of nitrogens with zero attached hydrogens (tertiary/aromatic N) is 2. The first kappa shape index (κ1) is 18.8. The van der Waals surface area contributed by atoms with Crippen molar-refractivity contribution in [3.8, 4) is 11.5 Å². The zero-order valence-electron chi connectivity index (χ0n) is 13.6. The van der Waals surface area contributed by atoms with E-state index in [4.69, 9.17) is 27.6 Å². The monoisotopic (exact) mass is 407 g/mol.